The molecule has 1 aromatic heterocycles. The molecule has 0 aromatic carbocycles. The summed E-state index contributed by atoms with van der Waals surface area (Å²) >= 11 is 0. The lowest BCUT2D eigenvalue weighted by atomic mass is 10.2. The first kappa shape index (κ1) is 19.6. The van der Waals surface area contributed by atoms with E-state index in [2.05, 4.69) is 28.9 Å². The Morgan fingerprint density at radius 1 is 1.16 bits per heavy atom. The number of rotatable bonds is 8. The Balaban J connectivity index is 2.13. The third-order valence-electron chi connectivity index (χ3n) is 4.43. The van der Waals surface area contributed by atoms with Crippen LogP contribution in [0.3, 0.4) is 0 Å². The van der Waals surface area contributed by atoms with Crippen LogP contribution in [-0.4, -0.2) is 66.6 Å². The summed E-state index contributed by atoms with van der Waals surface area (Å²) in [6.45, 7) is 8.34. The van der Waals surface area contributed by atoms with Crippen LogP contribution in [0.4, 0.5) is 5.82 Å². The maximum absolute atomic E-state index is 12.7. The van der Waals surface area contributed by atoms with E-state index >= 15 is 0 Å². The summed E-state index contributed by atoms with van der Waals surface area (Å²) in [5, 5.41) is 8.33. The lowest BCUT2D eigenvalue weighted by molar-refractivity contribution is 0.0701. The maximum atomic E-state index is 12.7. The van der Waals surface area contributed by atoms with Gasteiger partial charge in [0.2, 0.25) is 0 Å². The van der Waals surface area contributed by atoms with Crippen molar-refractivity contribution in [2.24, 2.45) is 0 Å². The Morgan fingerprint density at radius 2 is 1.84 bits per heavy atom. The number of hydrogen-bond acceptors (Lipinski definition) is 6. The number of nitrogens with zero attached hydrogens (tertiary/aromatic N) is 4. The number of aromatic nitrogens is 2. The first-order valence-corrected chi connectivity index (χ1v) is 10.8. The van der Waals surface area contributed by atoms with Crippen molar-refractivity contribution in [1.82, 2.24) is 15.1 Å². The predicted molar refractivity (Wildman–Crippen MR) is 98.6 cm³/mol. The van der Waals surface area contributed by atoms with Crippen LogP contribution in [0.25, 0.3) is 0 Å². The molecule has 0 bridgehead atoms. The predicted octanol–water partition coefficient (Wildman–Crippen LogP) is 1.75. The van der Waals surface area contributed by atoms with Gasteiger partial charge in [-0.25, -0.2) is 8.42 Å². The SMILES string of the molecule is CCCN(CCC)c1ccc(C(=O)N(CC)C2CCS(=O)(=O)C2)nn1. The lowest BCUT2D eigenvalue weighted by Gasteiger charge is -2.26. The second kappa shape index (κ2) is 8.60. The average Bonchev–Trinajstić information content (AvgIpc) is 2.95. The highest BCUT2D eigenvalue weighted by Gasteiger charge is 2.34. The Labute approximate surface area is 150 Å². The van der Waals surface area contributed by atoms with Gasteiger partial charge in [0.1, 0.15) is 0 Å². The molecule has 1 amide bonds. The van der Waals surface area contributed by atoms with Crippen LogP contribution in [0.2, 0.25) is 0 Å². The van der Waals surface area contributed by atoms with Crippen LogP contribution < -0.4 is 4.90 Å². The fraction of sp³-hybridized carbons (Fsp3) is 0.706. The minimum Gasteiger partial charge on any atom is -0.355 e. The van der Waals surface area contributed by atoms with E-state index in [1.54, 1.807) is 11.0 Å². The van der Waals surface area contributed by atoms with Crippen LogP contribution in [0.15, 0.2) is 12.1 Å². The first-order valence-electron chi connectivity index (χ1n) is 9.01. The van der Waals surface area contributed by atoms with Gasteiger partial charge in [-0.1, -0.05) is 13.8 Å². The minimum atomic E-state index is -3.03. The van der Waals surface area contributed by atoms with E-state index in [1.807, 2.05) is 13.0 Å². The third kappa shape index (κ3) is 4.90. The maximum Gasteiger partial charge on any atom is 0.274 e. The van der Waals surface area contributed by atoms with Crippen molar-refractivity contribution in [3.8, 4) is 0 Å². The lowest BCUT2D eigenvalue weighted by Crippen LogP contribution is -2.41. The highest BCUT2D eigenvalue weighted by atomic mass is 32.2. The van der Waals surface area contributed by atoms with Gasteiger partial charge >= 0.3 is 0 Å². The molecule has 1 atom stereocenters. The monoisotopic (exact) mass is 368 g/mol. The number of amides is 1. The van der Waals surface area contributed by atoms with E-state index < -0.39 is 9.84 Å². The molecule has 1 saturated heterocycles. The molecule has 0 radical (unpaired) electrons. The molecule has 0 aliphatic carbocycles. The van der Waals surface area contributed by atoms with E-state index in [4.69, 9.17) is 0 Å². The Kier molecular flexibility index (Phi) is 6.75. The third-order valence-corrected chi connectivity index (χ3v) is 6.18. The number of hydrogen-bond donors (Lipinski definition) is 0. The van der Waals surface area contributed by atoms with E-state index in [-0.39, 0.29) is 29.1 Å². The van der Waals surface area contributed by atoms with Crippen molar-refractivity contribution in [3.05, 3.63) is 17.8 Å². The summed E-state index contributed by atoms with van der Waals surface area (Å²) in [7, 11) is -3.03. The van der Waals surface area contributed by atoms with Crippen LogP contribution in [0, 0.1) is 0 Å². The van der Waals surface area contributed by atoms with Gasteiger partial charge in [-0.15, -0.1) is 10.2 Å². The topological polar surface area (TPSA) is 83.5 Å². The van der Waals surface area contributed by atoms with Gasteiger partial charge in [0, 0.05) is 25.7 Å². The normalized spacial score (nSPS) is 18.9. The zero-order valence-corrected chi connectivity index (χ0v) is 16.1. The average molecular weight is 369 g/mol. The zero-order chi connectivity index (χ0) is 18.4. The van der Waals surface area contributed by atoms with Gasteiger partial charge in [-0.2, -0.15) is 0 Å². The quantitative estimate of drug-likeness (QED) is 0.695. The number of carbonyl (C=O) groups excluding carboxylic acids is 1. The van der Waals surface area contributed by atoms with E-state index in [0.717, 1.165) is 31.7 Å². The smallest absolute Gasteiger partial charge is 0.274 e. The fourth-order valence-corrected chi connectivity index (χ4v) is 4.96. The van der Waals surface area contributed by atoms with Crippen LogP contribution >= 0.6 is 0 Å². The second-order valence-electron chi connectivity index (χ2n) is 6.41. The number of carbonyl (C=O) groups is 1. The number of anilines is 1. The summed E-state index contributed by atoms with van der Waals surface area (Å²) in [6, 6.07) is 3.25. The van der Waals surface area contributed by atoms with E-state index in [0.29, 0.717) is 13.0 Å². The molecule has 1 fully saturated rings. The molecule has 2 heterocycles. The molecular weight excluding hydrogens is 340 g/mol. The Bertz CT molecular complexity index is 670. The van der Waals surface area contributed by atoms with E-state index in [1.165, 1.54) is 0 Å². The highest BCUT2D eigenvalue weighted by molar-refractivity contribution is 7.91. The van der Waals surface area contributed by atoms with Crippen molar-refractivity contribution in [2.45, 2.75) is 46.1 Å². The van der Waals surface area contributed by atoms with Gasteiger partial charge in [-0.3, -0.25) is 4.79 Å². The zero-order valence-electron chi connectivity index (χ0n) is 15.3. The summed E-state index contributed by atoms with van der Waals surface area (Å²) < 4.78 is 23.4. The molecule has 0 saturated carbocycles. The number of sulfone groups is 1. The Morgan fingerprint density at radius 3 is 2.28 bits per heavy atom. The molecule has 1 unspecified atom stereocenters. The van der Waals surface area contributed by atoms with Crippen molar-refractivity contribution < 1.29 is 13.2 Å². The molecule has 0 spiro atoms. The molecule has 1 aliphatic heterocycles. The molecular formula is C17H28N4O3S. The molecule has 25 heavy (non-hydrogen) atoms. The standard InChI is InChI=1S/C17H28N4O3S/c1-4-10-20(11-5-2)16-8-7-15(18-19-16)17(22)21(6-3)14-9-12-25(23,24)13-14/h7-8,14H,4-6,9-13H2,1-3H3. The summed E-state index contributed by atoms with van der Waals surface area (Å²) in [5.41, 5.74) is 0.267. The summed E-state index contributed by atoms with van der Waals surface area (Å²) in [5.74, 6) is 0.710. The molecule has 7 nitrogen and oxygen atoms in total. The first-order chi connectivity index (χ1) is 11.9. The van der Waals surface area contributed by atoms with E-state index in [9.17, 15) is 13.2 Å². The van der Waals surface area contributed by atoms with Crippen molar-refractivity contribution in [2.75, 3.05) is 36.0 Å². The molecule has 8 heteroatoms. The van der Waals surface area contributed by atoms with Crippen molar-refractivity contribution >= 4 is 21.6 Å². The summed E-state index contributed by atoms with van der Waals surface area (Å²) in [4.78, 5) is 16.5. The highest BCUT2D eigenvalue weighted by Crippen LogP contribution is 2.20. The van der Waals surface area contributed by atoms with Gasteiger partial charge in [0.15, 0.2) is 21.3 Å². The van der Waals surface area contributed by atoms with Gasteiger partial charge < -0.3 is 9.80 Å². The van der Waals surface area contributed by atoms with Gasteiger partial charge in [-0.05, 0) is 38.3 Å². The van der Waals surface area contributed by atoms with Crippen LogP contribution in [0.1, 0.15) is 50.5 Å². The molecule has 140 valence electrons. The molecule has 2 rings (SSSR count). The van der Waals surface area contributed by atoms with Crippen LogP contribution in [0.5, 0.6) is 0 Å². The molecule has 1 aromatic rings. The van der Waals surface area contributed by atoms with Gasteiger partial charge in [0.25, 0.3) is 5.91 Å². The molecule has 0 N–H and O–H groups in total. The Hall–Kier alpha value is -1.70. The van der Waals surface area contributed by atoms with Gasteiger partial charge in [0.05, 0.1) is 11.5 Å². The summed E-state index contributed by atoms with van der Waals surface area (Å²) in [6.07, 6.45) is 2.53. The fourth-order valence-electron chi connectivity index (χ4n) is 3.22. The second-order valence-corrected chi connectivity index (χ2v) is 8.64. The molecule has 1 aliphatic rings. The minimum absolute atomic E-state index is 0.0405. The van der Waals surface area contributed by atoms with Crippen molar-refractivity contribution in [3.63, 3.8) is 0 Å². The van der Waals surface area contributed by atoms with Crippen molar-refractivity contribution in [1.29, 1.82) is 0 Å². The van der Waals surface area contributed by atoms with Crippen LogP contribution in [-0.2, 0) is 9.84 Å². The largest absolute Gasteiger partial charge is 0.355 e.